The molecule has 3 atom stereocenters. The van der Waals surface area contributed by atoms with Crippen molar-refractivity contribution in [2.75, 3.05) is 6.54 Å². The highest BCUT2D eigenvalue weighted by atomic mass is 32.2. The quantitative estimate of drug-likeness (QED) is 0.157. The number of carbonyl (C=O) groups is 2. The molecule has 1 amide bonds. The molecular weight excluding hydrogens is 570 g/mol. The van der Waals surface area contributed by atoms with Gasteiger partial charge in [0.25, 0.3) is 10.1 Å². The van der Waals surface area contributed by atoms with Gasteiger partial charge in [0.2, 0.25) is 5.91 Å². The average molecular weight is 606 g/mol. The number of amides is 1. The molecule has 43 heavy (non-hydrogen) atoms. The standard InChI is InChI=1S/C32H35N3O7S/c1-2-3-4-8-14-28(31(36)34-20-24(19-29(34)32(37)38)42-23-11-6-5-7-12-23)35-21-33-26-18-22(16-17-27(26)35)25-13-9-10-15-30(25)43(39,40)41/h5-7,9-13,15-18,21,24,28-29H,2-4,8,14,19-20H2,1H3,(H,37,38)(H,39,40,41)/t24-,28?,29-/m0/s1. The number of aromatic nitrogens is 2. The molecule has 0 aliphatic carbocycles. The summed E-state index contributed by atoms with van der Waals surface area (Å²) in [6.45, 7) is 2.26. The topological polar surface area (TPSA) is 139 Å². The smallest absolute Gasteiger partial charge is 0.326 e. The summed E-state index contributed by atoms with van der Waals surface area (Å²) in [4.78, 5) is 32.2. The van der Waals surface area contributed by atoms with Crippen molar-refractivity contribution < 1.29 is 32.4 Å². The normalized spacial score (nSPS) is 17.7. The van der Waals surface area contributed by atoms with Crippen LogP contribution in [0.15, 0.2) is 84.0 Å². The summed E-state index contributed by atoms with van der Waals surface area (Å²) in [5.74, 6) is -0.757. The summed E-state index contributed by atoms with van der Waals surface area (Å²) in [5.41, 5.74) is 2.07. The van der Waals surface area contributed by atoms with Crippen molar-refractivity contribution >= 4 is 33.0 Å². The maximum Gasteiger partial charge on any atom is 0.326 e. The van der Waals surface area contributed by atoms with E-state index < -0.39 is 34.3 Å². The molecule has 2 heterocycles. The van der Waals surface area contributed by atoms with Crippen LogP contribution in [-0.2, 0) is 19.7 Å². The van der Waals surface area contributed by atoms with Gasteiger partial charge in [0.1, 0.15) is 28.8 Å². The first-order valence-electron chi connectivity index (χ1n) is 14.5. The molecule has 0 radical (unpaired) electrons. The van der Waals surface area contributed by atoms with Crippen molar-refractivity contribution in [3.63, 3.8) is 0 Å². The maximum absolute atomic E-state index is 14.2. The second-order valence-corrected chi connectivity index (χ2v) is 12.2. The number of fused-ring (bicyclic) bond motifs is 1. The summed E-state index contributed by atoms with van der Waals surface area (Å²) < 4.78 is 41.5. The largest absolute Gasteiger partial charge is 0.488 e. The third-order valence-electron chi connectivity index (χ3n) is 7.88. The van der Waals surface area contributed by atoms with E-state index in [0.29, 0.717) is 34.3 Å². The number of carboxylic acids is 1. The van der Waals surface area contributed by atoms with Crippen molar-refractivity contribution in [3.05, 3.63) is 79.1 Å². The molecule has 3 aromatic carbocycles. The highest BCUT2D eigenvalue weighted by Crippen LogP contribution is 2.33. The fourth-order valence-corrected chi connectivity index (χ4v) is 6.48. The van der Waals surface area contributed by atoms with E-state index in [0.717, 1.165) is 25.7 Å². The molecule has 1 fully saturated rings. The van der Waals surface area contributed by atoms with Crippen LogP contribution in [0.3, 0.4) is 0 Å². The van der Waals surface area contributed by atoms with Crippen LogP contribution in [0.5, 0.6) is 5.75 Å². The highest BCUT2D eigenvalue weighted by molar-refractivity contribution is 7.86. The van der Waals surface area contributed by atoms with Crippen LogP contribution in [-0.4, -0.2) is 63.1 Å². The Labute approximate surface area is 250 Å². The number of benzene rings is 3. The monoisotopic (exact) mass is 605 g/mol. The lowest BCUT2D eigenvalue weighted by atomic mass is 10.0. The molecule has 11 heteroatoms. The van der Waals surface area contributed by atoms with E-state index in [4.69, 9.17) is 4.74 Å². The number of ether oxygens (including phenoxy) is 1. The molecule has 2 N–H and O–H groups in total. The summed E-state index contributed by atoms with van der Waals surface area (Å²) in [6.07, 6.45) is 5.57. The summed E-state index contributed by atoms with van der Waals surface area (Å²) in [6, 6.07) is 18.8. The Morgan fingerprint density at radius 3 is 2.49 bits per heavy atom. The highest BCUT2D eigenvalue weighted by Gasteiger charge is 2.43. The van der Waals surface area contributed by atoms with Crippen molar-refractivity contribution in [2.45, 2.75) is 68.5 Å². The molecule has 1 aromatic heterocycles. The summed E-state index contributed by atoms with van der Waals surface area (Å²) in [7, 11) is -4.45. The van der Waals surface area contributed by atoms with E-state index >= 15 is 0 Å². The minimum absolute atomic E-state index is 0.152. The number of nitrogens with zero attached hydrogens (tertiary/aromatic N) is 3. The number of hydrogen-bond donors (Lipinski definition) is 2. The number of likely N-dealkylation sites (tertiary alicyclic amines) is 1. The van der Waals surface area contributed by atoms with Gasteiger partial charge in [0, 0.05) is 12.0 Å². The zero-order chi connectivity index (χ0) is 30.6. The molecule has 5 rings (SSSR count). The zero-order valence-electron chi connectivity index (χ0n) is 23.9. The Morgan fingerprint density at radius 1 is 1.02 bits per heavy atom. The number of para-hydroxylation sites is 1. The SMILES string of the molecule is CCCCCCC(C(=O)N1C[C@@H](Oc2ccccc2)C[C@H]1C(=O)O)n1cnc2cc(-c3ccccc3S(=O)(=O)O)ccc21. The van der Waals surface area contributed by atoms with Gasteiger partial charge in [-0.05, 0) is 42.3 Å². The van der Waals surface area contributed by atoms with Crippen LogP contribution < -0.4 is 4.74 Å². The van der Waals surface area contributed by atoms with Crippen LogP contribution in [0.25, 0.3) is 22.2 Å². The van der Waals surface area contributed by atoms with Gasteiger partial charge in [-0.25, -0.2) is 9.78 Å². The number of unbranched alkanes of at least 4 members (excludes halogenated alkanes) is 3. The third-order valence-corrected chi connectivity index (χ3v) is 8.79. The van der Waals surface area contributed by atoms with Gasteiger partial charge in [-0.1, -0.05) is 75.1 Å². The molecule has 1 aliphatic rings. The van der Waals surface area contributed by atoms with Crippen molar-refractivity contribution in [1.82, 2.24) is 14.5 Å². The molecule has 0 spiro atoms. The van der Waals surface area contributed by atoms with Crippen molar-refractivity contribution in [1.29, 1.82) is 0 Å². The molecule has 0 bridgehead atoms. The molecular formula is C32H35N3O7S. The van der Waals surface area contributed by atoms with E-state index in [1.165, 1.54) is 17.0 Å². The van der Waals surface area contributed by atoms with Crippen molar-refractivity contribution in [2.24, 2.45) is 0 Å². The molecule has 10 nitrogen and oxygen atoms in total. The molecule has 226 valence electrons. The van der Waals surface area contributed by atoms with E-state index in [9.17, 15) is 27.7 Å². The first kappa shape index (κ1) is 30.2. The Balaban J connectivity index is 1.47. The fraction of sp³-hybridized carbons (Fsp3) is 0.344. The Bertz CT molecular complexity index is 1700. The zero-order valence-corrected chi connectivity index (χ0v) is 24.7. The first-order valence-corrected chi connectivity index (χ1v) is 15.9. The van der Waals surface area contributed by atoms with Gasteiger partial charge in [0.05, 0.1) is 23.9 Å². The molecule has 1 aliphatic heterocycles. The van der Waals surface area contributed by atoms with E-state index in [1.807, 2.05) is 18.2 Å². The Kier molecular flexibility index (Phi) is 9.12. The van der Waals surface area contributed by atoms with E-state index in [2.05, 4.69) is 11.9 Å². The van der Waals surface area contributed by atoms with Gasteiger partial charge in [-0.15, -0.1) is 0 Å². The van der Waals surface area contributed by atoms with Gasteiger partial charge in [0.15, 0.2) is 0 Å². The predicted molar refractivity (Wildman–Crippen MR) is 161 cm³/mol. The number of imidazole rings is 1. The number of rotatable bonds is 12. The van der Waals surface area contributed by atoms with E-state index in [1.54, 1.807) is 53.4 Å². The number of carboxylic acid groups (broad SMARTS) is 1. The lowest BCUT2D eigenvalue weighted by Crippen LogP contribution is -2.44. The number of carbonyl (C=O) groups excluding carboxylic acids is 1. The van der Waals surface area contributed by atoms with Crippen LogP contribution in [0.1, 0.15) is 51.5 Å². The molecule has 1 unspecified atom stereocenters. The Hall–Kier alpha value is -4.22. The minimum Gasteiger partial charge on any atom is -0.488 e. The average Bonchev–Trinajstić information content (AvgIpc) is 3.61. The predicted octanol–water partition coefficient (Wildman–Crippen LogP) is 5.59. The van der Waals surface area contributed by atoms with Crippen molar-refractivity contribution in [3.8, 4) is 16.9 Å². The minimum atomic E-state index is -4.45. The number of aliphatic carboxylic acids is 1. The van der Waals surface area contributed by atoms with E-state index in [-0.39, 0.29) is 23.8 Å². The molecule has 1 saturated heterocycles. The lowest BCUT2D eigenvalue weighted by Gasteiger charge is -2.28. The van der Waals surface area contributed by atoms with Gasteiger partial charge in [-0.3, -0.25) is 9.35 Å². The maximum atomic E-state index is 14.2. The number of hydrogen-bond acceptors (Lipinski definition) is 6. The summed E-state index contributed by atoms with van der Waals surface area (Å²) >= 11 is 0. The van der Waals surface area contributed by atoms with Crippen LogP contribution >= 0.6 is 0 Å². The van der Waals surface area contributed by atoms with Crippen LogP contribution in [0.2, 0.25) is 0 Å². The van der Waals surface area contributed by atoms with Crippen LogP contribution in [0.4, 0.5) is 0 Å². The van der Waals surface area contributed by atoms with Gasteiger partial charge in [-0.2, -0.15) is 8.42 Å². The van der Waals surface area contributed by atoms with Crippen LogP contribution in [0, 0.1) is 0 Å². The summed E-state index contributed by atoms with van der Waals surface area (Å²) in [5, 5.41) is 10.0. The first-order chi connectivity index (χ1) is 20.7. The lowest BCUT2D eigenvalue weighted by molar-refractivity contribution is -0.149. The fourth-order valence-electron chi connectivity index (χ4n) is 5.77. The molecule has 0 saturated carbocycles. The van der Waals surface area contributed by atoms with Gasteiger partial charge < -0.3 is 19.3 Å². The second-order valence-electron chi connectivity index (χ2n) is 10.8. The second kappa shape index (κ2) is 13.0. The Morgan fingerprint density at radius 2 is 1.77 bits per heavy atom. The third kappa shape index (κ3) is 6.73. The molecule has 4 aromatic rings. The van der Waals surface area contributed by atoms with Gasteiger partial charge >= 0.3 is 5.97 Å².